The van der Waals surface area contributed by atoms with Crippen LogP contribution in [-0.2, 0) is 0 Å². The summed E-state index contributed by atoms with van der Waals surface area (Å²) in [6.07, 6.45) is 5.87. The van der Waals surface area contributed by atoms with Crippen LogP contribution in [0.3, 0.4) is 0 Å². The molecule has 1 saturated carbocycles. The quantitative estimate of drug-likeness (QED) is 0.912. The maximum Gasteiger partial charge on any atom is 0.321 e. The third kappa shape index (κ3) is 3.98. The van der Waals surface area contributed by atoms with E-state index >= 15 is 0 Å². The number of carbonyl (C=O) groups is 1. The fourth-order valence-electron chi connectivity index (χ4n) is 2.95. The number of benzene rings is 1. The van der Waals surface area contributed by atoms with Gasteiger partial charge < -0.3 is 10.2 Å². The van der Waals surface area contributed by atoms with E-state index in [1.807, 2.05) is 11.9 Å². The molecule has 1 N–H and O–H groups in total. The Hall–Kier alpha value is -2.02. The van der Waals surface area contributed by atoms with Gasteiger partial charge in [-0.15, -0.1) is 0 Å². The fraction of sp³-hybridized carbons (Fsp3) is 0.529. The molecule has 1 fully saturated rings. The monoisotopic (exact) mass is 285 g/mol. The van der Waals surface area contributed by atoms with Crippen molar-refractivity contribution in [1.29, 1.82) is 5.26 Å². The van der Waals surface area contributed by atoms with Gasteiger partial charge in [-0.3, -0.25) is 0 Å². The van der Waals surface area contributed by atoms with E-state index in [0.717, 1.165) is 24.4 Å². The number of rotatable bonds is 3. The minimum Gasteiger partial charge on any atom is -0.325 e. The second kappa shape index (κ2) is 7.12. The summed E-state index contributed by atoms with van der Waals surface area (Å²) in [5.74, 6) is 0.830. The van der Waals surface area contributed by atoms with Crippen LogP contribution in [-0.4, -0.2) is 24.0 Å². The molecule has 0 unspecified atom stereocenters. The molecule has 0 heterocycles. The van der Waals surface area contributed by atoms with E-state index in [1.54, 1.807) is 24.3 Å². The largest absolute Gasteiger partial charge is 0.325 e. The Bertz CT molecular complexity index is 510. The average Bonchev–Trinajstić information content (AvgIpc) is 2.55. The van der Waals surface area contributed by atoms with Crippen molar-refractivity contribution >= 4 is 11.7 Å². The molecule has 1 aromatic rings. The molecule has 0 radical (unpaired) electrons. The van der Waals surface area contributed by atoms with Gasteiger partial charge in [0.25, 0.3) is 0 Å². The van der Waals surface area contributed by atoms with E-state index < -0.39 is 0 Å². The zero-order valence-electron chi connectivity index (χ0n) is 12.8. The fourth-order valence-corrected chi connectivity index (χ4v) is 2.95. The van der Waals surface area contributed by atoms with E-state index in [9.17, 15) is 4.79 Å². The van der Waals surface area contributed by atoms with Crippen molar-refractivity contribution in [1.82, 2.24) is 4.90 Å². The molecule has 1 aromatic carbocycles. The van der Waals surface area contributed by atoms with Crippen molar-refractivity contribution in [3.8, 4) is 6.07 Å². The number of carbonyl (C=O) groups excluding carboxylic acids is 1. The van der Waals surface area contributed by atoms with Crippen molar-refractivity contribution < 1.29 is 4.79 Å². The minimum absolute atomic E-state index is 0.0698. The maximum absolute atomic E-state index is 12.3. The van der Waals surface area contributed by atoms with E-state index in [-0.39, 0.29) is 6.03 Å². The summed E-state index contributed by atoms with van der Waals surface area (Å²) in [6.45, 7) is 2.24. The van der Waals surface area contributed by atoms with Gasteiger partial charge in [-0.25, -0.2) is 4.79 Å². The maximum atomic E-state index is 12.3. The van der Waals surface area contributed by atoms with Crippen molar-refractivity contribution in [2.45, 2.75) is 45.1 Å². The van der Waals surface area contributed by atoms with Crippen LogP contribution in [0.1, 0.15) is 44.6 Å². The Morgan fingerprint density at radius 2 is 1.90 bits per heavy atom. The lowest BCUT2D eigenvalue weighted by atomic mass is 9.84. The summed E-state index contributed by atoms with van der Waals surface area (Å²) in [4.78, 5) is 14.1. The van der Waals surface area contributed by atoms with Crippen molar-refractivity contribution in [3.05, 3.63) is 29.8 Å². The second-order valence-corrected chi connectivity index (χ2v) is 5.81. The molecule has 0 saturated heterocycles. The van der Waals surface area contributed by atoms with Gasteiger partial charge in [0.2, 0.25) is 0 Å². The van der Waals surface area contributed by atoms with E-state index in [4.69, 9.17) is 5.26 Å². The van der Waals surface area contributed by atoms with Crippen LogP contribution in [0, 0.1) is 17.2 Å². The van der Waals surface area contributed by atoms with E-state index in [2.05, 4.69) is 18.3 Å². The highest BCUT2D eigenvalue weighted by Gasteiger charge is 2.25. The Labute approximate surface area is 126 Å². The topological polar surface area (TPSA) is 56.1 Å². The number of urea groups is 1. The van der Waals surface area contributed by atoms with Crippen LogP contribution < -0.4 is 5.32 Å². The molecule has 0 aromatic heterocycles. The highest BCUT2D eigenvalue weighted by atomic mass is 16.2. The molecule has 0 bridgehead atoms. The average molecular weight is 285 g/mol. The molecule has 1 aliphatic rings. The minimum atomic E-state index is -0.0698. The zero-order valence-corrected chi connectivity index (χ0v) is 12.8. The molecule has 4 heteroatoms. The highest BCUT2D eigenvalue weighted by molar-refractivity contribution is 5.89. The molecule has 112 valence electrons. The van der Waals surface area contributed by atoms with E-state index in [0.29, 0.717) is 11.6 Å². The number of hydrogen-bond acceptors (Lipinski definition) is 2. The summed E-state index contributed by atoms with van der Waals surface area (Å²) in [5.41, 5.74) is 1.33. The van der Waals surface area contributed by atoms with Crippen LogP contribution in [0.2, 0.25) is 0 Å². The summed E-state index contributed by atoms with van der Waals surface area (Å²) in [6, 6.07) is 9.28. The molecule has 0 spiro atoms. The zero-order chi connectivity index (χ0) is 15.2. The van der Waals surface area contributed by atoms with Gasteiger partial charge in [0.1, 0.15) is 0 Å². The molecular weight excluding hydrogens is 262 g/mol. The number of nitrogens with one attached hydrogen (secondary N) is 1. The van der Waals surface area contributed by atoms with Crippen molar-refractivity contribution in [2.75, 3.05) is 12.4 Å². The van der Waals surface area contributed by atoms with Crippen molar-refractivity contribution in [3.63, 3.8) is 0 Å². The highest BCUT2D eigenvalue weighted by Crippen LogP contribution is 2.29. The third-order valence-electron chi connectivity index (χ3n) is 4.53. The van der Waals surface area contributed by atoms with Crippen LogP contribution in [0.5, 0.6) is 0 Å². The number of amides is 2. The normalized spacial score (nSPS) is 21.4. The predicted octanol–water partition coefficient (Wildman–Crippen LogP) is 3.99. The van der Waals surface area contributed by atoms with Gasteiger partial charge >= 0.3 is 6.03 Å². The van der Waals surface area contributed by atoms with Crippen LogP contribution in [0.25, 0.3) is 0 Å². The first-order chi connectivity index (χ1) is 10.1. The number of nitriles is 1. The molecule has 2 amide bonds. The summed E-state index contributed by atoms with van der Waals surface area (Å²) >= 11 is 0. The van der Waals surface area contributed by atoms with Gasteiger partial charge in [0.05, 0.1) is 11.6 Å². The van der Waals surface area contributed by atoms with Crippen molar-refractivity contribution in [2.24, 2.45) is 5.92 Å². The van der Waals surface area contributed by atoms with Gasteiger partial charge in [-0.05, 0) is 55.9 Å². The molecule has 0 aliphatic heterocycles. The Balaban J connectivity index is 1.89. The standard InChI is InChI=1S/C17H23N3O/c1-3-13-6-10-16(11-7-13)20(2)17(21)19-15-8-4-14(12-18)5-9-15/h4-5,8-9,13,16H,3,6-7,10-11H2,1-2H3,(H,19,21). The first-order valence-electron chi connectivity index (χ1n) is 7.68. The molecule has 1 aliphatic carbocycles. The predicted molar refractivity (Wildman–Crippen MR) is 84.0 cm³/mol. The SMILES string of the molecule is CCC1CCC(N(C)C(=O)Nc2ccc(C#N)cc2)CC1. The number of nitrogens with zero attached hydrogens (tertiary/aromatic N) is 2. The van der Waals surface area contributed by atoms with Gasteiger partial charge in [-0.2, -0.15) is 5.26 Å². The number of anilines is 1. The Morgan fingerprint density at radius 1 is 1.29 bits per heavy atom. The lowest BCUT2D eigenvalue weighted by Gasteiger charge is -2.34. The third-order valence-corrected chi connectivity index (χ3v) is 4.53. The lowest BCUT2D eigenvalue weighted by Crippen LogP contribution is -2.41. The van der Waals surface area contributed by atoms with Crippen LogP contribution in [0.4, 0.5) is 10.5 Å². The summed E-state index contributed by atoms with van der Waals surface area (Å²) in [5, 5.41) is 11.7. The second-order valence-electron chi connectivity index (χ2n) is 5.81. The Kier molecular flexibility index (Phi) is 5.21. The van der Waals surface area contributed by atoms with Gasteiger partial charge in [-0.1, -0.05) is 13.3 Å². The molecular formula is C17H23N3O. The smallest absolute Gasteiger partial charge is 0.321 e. The van der Waals surface area contributed by atoms with Gasteiger partial charge in [0.15, 0.2) is 0 Å². The first-order valence-corrected chi connectivity index (χ1v) is 7.68. The molecule has 21 heavy (non-hydrogen) atoms. The van der Waals surface area contributed by atoms with E-state index in [1.165, 1.54) is 19.3 Å². The molecule has 0 atom stereocenters. The van der Waals surface area contributed by atoms with Gasteiger partial charge in [0, 0.05) is 18.8 Å². The molecule has 4 nitrogen and oxygen atoms in total. The summed E-state index contributed by atoms with van der Waals surface area (Å²) in [7, 11) is 1.87. The first kappa shape index (κ1) is 15.4. The van der Waals surface area contributed by atoms with Crippen LogP contribution >= 0.6 is 0 Å². The molecule has 2 rings (SSSR count). The number of hydrogen-bond donors (Lipinski definition) is 1. The lowest BCUT2D eigenvalue weighted by molar-refractivity contribution is 0.170. The Morgan fingerprint density at radius 3 is 2.43 bits per heavy atom. The summed E-state index contributed by atoms with van der Waals surface area (Å²) < 4.78 is 0. The van der Waals surface area contributed by atoms with Crippen LogP contribution in [0.15, 0.2) is 24.3 Å².